The summed E-state index contributed by atoms with van der Waals surface area (Å²) < 4.78 is 5.73. The predicted octanol–water partition coefficient (Wildman–Crippen LogP) is 2.55. The molecular weight excluding hydrogens is 250 g/mol. The maximum absolute atomic E-state index is 5.73. The second-order valence-electron chi connectivity index (χ2n) is 5.08. The number of aromatic nitrogens is 2. The molecule has 100 valence electrons. The minimum Gasteiger partial charge on any atom is -0.492 e. The largest absolute Gasteiger partial charge is 0.492 e. The van der Waals surface area contributed by atoms with Crippen molar-refractivity contribution in [2.24, 2.45) is 5.73 Å². The van der Waals surface area contributed by atoms with Crippen molar-refractivity contribution < 1.29 is 4.74 Å². The van der Waals surface area contributed by atoms with Gasteiger partial charge in [0.2, 0.25) is 0 Å². The van der Waals surface area contributed by atoms with Gasteiger partial charge in [0.05, 0.1) is 17.0 Å². The predicted molar refractivity (Wildman–Crippen MR) is 77.8 cm³/mol. The molecule has 1 atom stereocenters. The monoisotopic (exact) mass is 265 g/mol. The van der Waals surface area contributed by atoms with Gasteiger partial charge in [-0.15, -0.1) is 0 Å². The number of rotatable bonds is 2. The molecular formula is C16H15N3O. The van der Waals surface area contributed by atoms with Crippen molar-refractivity contribution >= 4 is 11.0 Å². The summed E-state index contributed by atoms with van der Waals surface area (Å²) in [7, 11) is 0. The molecule has 3 N–H and O–H groups in total. The van der Waals surface area contributed by atoms with E-state index < -0.39 is 0 Å². The average Bonchev–Trinajstić information content (AvgIpc) is 3.09. The number of nitrogens with one attached hydrogen (secondary N) is 1. The third kappa shape index (κ3) is 1.69. The lowest BCUT2D eigenvalue weighted by molar-refractivity contribution is 0.340. The van der Waals surface area contributed by atoms with Crippen LogP contribution in [0, 0.1) is 0 Å². The summed E-state index contributed by atoms with van der Waals surface area (Å²) in [5.74, 6) is 2.10. The van der Waals surface area contributed by atoms with E-state index in [-0.39, 0.29) is 5.92 Å². The van der Waals surface area contributed by atoms with Crippen LogP contribution in [0.4, 0.5) is 0 Å². The van der Waals surface area contributed by atoms with Crippen molar-refractivity contribution in [3.63, 3.8) is 0 Å². The fourth-order valence-corrected chi connectivity index (χ4v) is 2.76. The van der Waals surface area contributed by atoms with Crippen LogP contribution in [0.25, 0.3) is 11.0 Å². The molecule has 2 aromatic carbocycles. The lowest BCUT2D eigenvalue weighted by atomic mass is 10.0. The van der Waals surface area contributed by atoms with Gasteiger partial charge >= 0.3 is 0 Å². The first kappa shape index (κ1) is 11.5. The van der Waals surface area contributed by atoms with Crippen LogP contribution >= 0.6 is 0 Å². The van der Waals surface area contributed by atoms with Crippen molar-refractivity contribution in [2.75, 3.05) is 6.61 Å². The summed E-state index contributed by atoms with van der Waals surface area (Å²) in [4.78, 5) is 8.10. The Bertz CT molecular complexity index is 778. The number of imidazole rings is 1. The highest BCUT2D eigenvalue weighted by molar-refractivity contribution is 5.76. The van der Waals surface area contributed by atoms with Crippen molar-refractivity contribution in [2.45, 2.75) is 12.5 Å². The molecule has 2 heterocycles. The van der Waals surface area contributed by atoms with Gasteiger partial charge in [-0.2, -0.15) is 0 Å². The first-order valence-corrected chi connectivity index (χ1v) is 6.75. The third-order valence-electron chi connectivity index (χ3n) is 3.83. The van der Waals surface area contributed by atoms with Crippen LogP contribution in [-0.2, 0) is 6.54 Å². The molecule has 1 unspecified atom stereocenters. The Balaban J connectivity index is 1.80. The van der Waals surface area contributed by atoms with Gasteiger partial charge in [0.1, 0.15) is 18.2 Å². The van der Waals surface area contributed by atoms with Gasteiger partial charge in [0.25, 0.3) is 0 Å². The fraction of sp³-hybridized carbons (Fsp3) is 0.188. The van der Waals surface area contributed by atoms with E-state index in [0.717, 1.165) is 28.2 Å². The SMILES string of the molecule is NCc1ccc2nc(C3COc4ccccc43)[nH]c2c1. The summed E-state index contributed by atoms with van der Waals surface area (Å²) in [6, 6.07) is 14.2. The van der Waals surface area contributed by atoms with Crippen LogP contribution in [0.5, 0.6) is 5.75 Å². The van der Waals surface area contributed by atoms with E-state index in [1.165, 1.54) is 5.56 Å². The Morgan fingerprint density at radius 2 is 2.15 bits per heavy atom. The number of hydrogen-bond donors (Lipinski definition) is 2. The summed E-state index contributed by atoms with van der Waals surface area (Å²) in [5.41, 5.74) is 9.99. The number of fused-ring (bicyclic) bond motifs is 2. The number of H-pyrrole nitrogens is 1. The van der Waals surface area contributed by atoms with Gasteiger partial charge < -0.3 is 15.5 Å². The molecule has 0 saturated heterocycles. The first-order valence-electron chi connectivity index (χ1n) is 6.75. The van der Waals surface area contributed by atoms with Gasteiger partial charge in [-0.25, -0.2) is 4.98 Å². The highest BCUT2D eigenvalue weighted by Gasteiger charge is 2.27. The van der Waals surface area contributed by atoms with Crippen molar-refractivity contribution in [3.8, 4) is 5.75 Å². The van der Waals surface area contributed by atoms with Crippen LogP contribution in [0.3, 0.4) is 0 Å². The number of nitrogens with two attached hydrogens (primary N) is 1. The molecule has 4 rings (SSSR count). The highest BCUT2D eigenvalue weighted by atomic mass is 16.5. The zero-order chi connectivity index (χ0) is 13.5. The van der Waals surface area contributed by atoms with Gasteiger partial charge in [0.15, 0.2) is 0 Å². The minimum atomic E-state index is 0.180. The summed E-state index contributed by atoms with van der Waals surface area (Å²) in [6.45, 7) is 1.18. The second kappa shape index (κ2) is 4.35. The quantitative estimate of drug-likeness (QED) is 0.748. The van der Waals surface area contributed by atoms with E-state index in [0.29, 0.717) is 13.2 Å². The molecule has 20 heavy (non-hydrogen) atoms. The van der Waals surface area contributed by atoms with Crippen molar-refractivity contribution in [1.29, 1.82) is 0 Å². The second-order valence-corrected chi connectivity index (χ2v) is 5.08. The maximum atomic E-state index is 5.73. The lowest BCUT2D eigenvalue weighted by Gasteiger charge is -2.03. The van der Waals surface area contributed by atoms with Gasteiger partial charge in [-0.3, -0.25) is 0 Å². The normalized spacial score (nSPS) is 17.1. The molecule has 0 radical (unpaired) electrons. The average molecular weight is 265 g/mol. The molecule has 1 aromatic heterocycles. The molecule has 0 saturated carbocycles. The van der Waals surface area contributed by atoms with E-state index >= 15 is 0 Å². The molecule has 1 aliphatic rings. The molecule has 1 aliphatic heterocycles. The highest BCUT2D eigenvalue weighted by Crippen LogP contribution is 2.37. The van der Waals surface area contributed by atoms with Crippen LogP contribution in [0.1, 0.15) is 22.9 Å². The molecule has 3 aromatic rings. The molecule has 4 heteroatoms. The molecule has 0 amide bonds. The lowest BCUT2D eigenvalue weighted by Crippen LogP contribution is -2.04. The molecule has 0 bridgehead atoms. The van der Waals surface area contributed by atoms with Crippen LogP contribution in [0.15, 0.2) is 42.5 Å². The third-order valence-corrected chi connectivity index (χ3v) is 3.83. The van der Waals surface area contributed by atoms with Crippen molar-refractivity contribution in [1.82, 2.24) is 9.97 Å². The maximum Gasteiger partial charge on any atom is 0.123 e. The molecule has 4 nitrogen and oxygen atoms in total. The smallest absolute Gasteiger partial charge is 0.123 e. The Labute approximate surface area is 116 Å². The van der Waals surface area contributed by atoms with Crippen molar-refractivity contribution in [3.05, 3.63) is 59.4 Å². The van der Waals surface area contributed by atoms with Crippen LogP contribution in [0.2, 0.25) is 0 Å². The number of nitrogens with zero attached hydrogens (tertiary/aromatic N) is 1. The van der Waals surface area contributed by atoms with Crippen LogP contribution < -0.4 is 10.5 Å². The standard InChI is InChI=1S/C16H15N3O/c17-8-10-5-6-13-14(7-10)19-16(18-13)12-9-20-15-4-2-1-3-11(12)15/h1-7,12H,8-9,17H2,(H,18,19). The summed E-state index contributed by atoms with van der Waals surface area (Å²) in [6.07, 6.45) is 0. The number of ether oxygens (including phenoxy) is 1. The van der Waals surface area contributed by atoms with E-state index in [1.54, 1.807) is 0 Å². The topological polar surface area (TPSA) is 63.9 Å². The Kier molecular flexibility index (Phi) is 2.50. The number of para-hydroxylation sites is 1. The molecule has 0 spiro atoms. The summed E-state index contributed by atoms with van der Waals surface area (Å²) in [5, 5.41) is 0. The summed E-state index contributed by atoms with van der Waals surface area (Å²) >= 11 is 0. The zero-order valence-electron chi connectivity index (χ0n) is 11.0. The van der Waals surface area contributed by atoms with Gasteiger partial charge in [-0.05, 0) is 23.8 Å². The molecule has 0 aliphatic carbocycles. The Morgan fingerprint density at radius 3 is 3.05 bits per heavy atom. The van der Waals surface area contributed by atoms with E-state index in [1.807, 2.05) is 30.3 Å². The van der Waals surface area contributed by atoms with E-state index in [4.69, 9.17) is 15.5 Å². The Hall–Kier alpha value is -2.33. The number of aromatic amines is 1. The molecule has 0 fully saturated rings. The number of benzene rings is 2. The van der Waals surface area contributed by atoms with Gasteiger partial charge in [-0.1, -0.05) is 24.3 Å². The first-order chi connectivity index (χ1) is 9.85. The Morgan fingerprint density at radius 1 is 1.25 bits per heavy atom. The van der Waals surface area contributed by atoms with E-state index in [2.05, 4.69) is 17.1 Å². The minimum absolute atomic E-state index is 0.180. The van der Waals surface area contributed by atoms with E-state index in [9.17, 15) is 0 Å². The fourth-order valence-electron chi connectivity index (χ4n) is 2.76. The zero-order valence-corrected chi connectivity index (χ0v) is 11.0. The number of hydrogen-bond acceptors (Lipinski definition) is 3. The van der Waals surface area contributed by atoms with Gasteiger partial charge in [0, 0.05) is 12.1 Å². The van der Waals surface area contributed by atoms with Crippen LogP contribution in [-0.4, -0.2) is 16.6 Å².